The lowest BCUT2D eigenvalue weighted by molar-refractivity contribution is -0.134. The van der Waals surface area contributed by atoms with E-state index >= 15 is 0 Å². The van der Waals surface area contributed by atoms with Crippen molar-refractivity contribution in [1.82, 2.24) is 9.80 Å². The summed E-state index contributed by atoms with van der Waals surface area (Å²) in [6.07, 6.45) is 0. The fourth-order valence-electron chi connectivity index (χ4n) is 2.14. The first-order valence-corrected chi connectivity index (χ1v) is 6.37. The Labute approximate surface area is 121 Å². The molecule has 5 heteroatoms. The molecule has 2 rings (SSSR count). The molecule has 0 saturated carbocycles. The molecule has 4 nitrogen and oxygen atoms in total. The predicted molar refractivity (Wildman–Crippen MR) is 79.4 cm³/mol. The van der Waals surface area contributed by atoms with Gasteiger partial charge in [-0.3, -0.25) is 4.79 Å². The summed E-state index contributed by atoms with van der Waals surface area (Å²) >= 11 is 0. The first kappa shape index (κ1) is 16.0. The first-order chi connectivity index (χ1) is 8.58. The Bertz CT molecular complexity index is 413. The highest BCUT2D eigenvalue weighted by Gasteiger charge is 2.24. The van der Waals surface area contributed by atoms with E-state index in [1.807, 2.05) is 36.1 Å². The van der Waals surface area contributed by atoms with E-state index in [1.165, 1.54) is 5.56 Å². The fourth-order valence-corrected chi connectivity index (χ4v) is 2.14. The van der Waals surface area contributed by atoms with Gasteiger partial charge in [-0.1, -0.05) is 29.8 Å². The van der Waals surface area contributed by atoms with Gasteiger partial charge in [-0.2, -0.15) is 0 Å². The standard InChI is InChI=1S/C14H21N3O.ClH/c1-11-3-5-12(6-4-11)13(15)14(18)17-9-7-16(2)8-10-17;/h3-6,13H,7-10,15H2,1-2H3;1H. The molecule has 0 aliphatic carbocycles. The van der Waals surface area contributed by atoms with Crippen LogP contribution in [-0.2, 0) is 4.79 Å². The number of amides is 1. The van der Waals surface area contributed by atoms with Gasteiger partial charge in [-0.05, 0) is 19.5 Å². The minimum Gasteiger partial charge on any atom is -0.338 e. The maximum absolute atomic E-state index is 12.3. The third-order valence-electron chi connectivity index (χ3n) is 3.52. The topological polar surface area (TPSA) is 49.6 Å². The van der Waals surface area contributed by atoms with Crippen molar-refractivity contribution in [2.45, 2.75) is 13.0 Å². The van der Waals surface area contributed by atoms with Gasteiger partial charge in [0.25, 0.3) is 0 Å². The Kier molecular flexibility index (Phi) is 5.79. The molecule has 0 aromatic heterocycles. The van der Waals surface area contributed by atoms with E-state index in [9.17, 15) is 4.79 Å². The Morgan fingerprint density at radius 1 is 1.16 bits per heavy atom. The summed E-state index contributed by atoms with van der Waals surface area (Å²) in [5, 5.41) is 0. The molecule has 0 spiro atoms. The highest BCUT2D eigenvalue weighted by atomic mass is 35.5. The van der Waals surface area contributed by atoms with E-state index in [-0.39, 0.29) is 18.3 Å². The van der Waals surface area contributed by atoms with Crippen LogP contribution in [0.25, 0.3) is 0 Å². The van der Waals surface area contributed by atoms with Gasteiger partial charge in [-0.15, -0.1) is 12.4 Å². The van der Waals surface area contributed by atoms with Crippen LogP contribution in [0.5, 0.6) is 0 Å². The van der Waals surface area contributed by atoms with E-state index in [2.05, 4.69) is 11.9 Å². The first-order valence-electron chi connectivity index (χ1n) is 6.37. The summed E-state index contributed by atoms with van der Waals surface area (Å²) in [5.74, 6) is 0.0342. The molecule has 1 aromatic carbocycles. The van der Waals surface area contributed by atoms with Crippen molar-refractivity contribution in [3.8, 4) is 0 Å². The fraction of sp³-hybridized carbons (Fsp3) is 0.500. The lowest BCUT2D eigenvalue weighted by atomic mass is 10.0. The van der Waals surface area contributed by atoms with Crippen LogP contribution in [0.3, 0.4) is 0 Å². The number of hydrogen-bond donors (Lipinski definition) is 1. The summed E-state index contributed by atoms with van der Waals surface area (Å²) < 4.78 is 0. The van der Waals surface area contributed by atoms with Crippen LogP contribution < -0.4 is 5.73 Å². The third-order valence-corrected chi connectivity index (χ3v) is 3.52. The van der Waals surface area contributed by atoms with Crippen molar-refractivity contribution in [3.05, 3.63) is 35.4 Å². The van der Waals surface area contributed by atoms with Crippen LogP contribution in [0.4, 0.5) is 0 Å². The van der Waals surface area contributed by atoms with Crippen LogP contribution in [-0.4, -0.2) is 48.9 Å². The number of piperazine rings is 1. The van der Waals surface area contributed by atoms with Gasteiger partial charge in [0.1, 0.15) is 6.04 Å². The number of aryl methyl sites for hydroxylation is 1. The number of hydrogen-bond acceptors (Lipinski definition) is 3. The van der Waals surface area contributed by atoms with Crippen LogP contribution in [0.1, 0.15) is 17.2 Å². The summed E-state index contributed by atoms with van der Waals surface area (Å²) in [6.45, 7) is 5.42. The lowest BCUT2D eigenvalue weighted by Crippen LogP contribution is -2.49. The van der Waals surface area contributed by atoms with E-state index in [1.54, 1.807) is 0 Å². The van der Waals surface area contributed by atoms with Gasteiger partial charge in [0.05, 0.1) is 0 Å². The van der Waals surface area contributed by atoms with Crippen molar-refractivity contribution in [3.63, 3.8) is 0 Å². The molecular weight excluding hydrogens is 262 g/mol. The highest BCUT2D eigenvalue weighted by Crippen LogP contribution is 2.15. The van der Waals surface area contributed by atoms with Crippen molar-refractivity contribution in [2.24, 2.45) is 5.73 Å². The number of carbonyl (C=O) groups is 1. The maximum atomic E-state index is 12.3. The second-order valence-electron chi connectivity index (χ2n) is 5.02. The Morgan fingerprint density at radius 3 is 2.21 bits per heavy atom. The van der Waals surface area contributed by atoms with E-state index in [4.69, 9.17) is 5.73 Å². The van der Waals surface area contributed by atoms with Gasteiger partial charge in [-0.25, -0.2) is 0 Å². The summed E-state index contributed by atoms with van der Waals surface area (Å²) in [4.78, 5) is 16.4. The molecule has 2 N–H and O–H groups in total. The monoisotopic (exact) mass is 283 g/mol. The van der Waals surface area contributed by atoms with Crippen LogP contribution >= 0.6 is 12.4 Å². The molecule has 1 aliphatic rings. The third kappa shape index (κ3) is 3.93. The van der Waals surface area contributed by atoms with Crippen molar-refractivity contribution in [1.29, 1.82) is 0 Å². The van der Waals surface area contributed by atoms with Crippen LogP contribution in [0.15, 0.2) is 24.3 Å². The molecule has 1 saturated heterocycles. The maximum Gasteiger partial charge on any atom is 0.244 e. The Balaban J connectivity index is 0.00000180. The molecule has 1 fully saturated rings. The molecule has 1 unspecified atom stereocenters. The number of nitrogens with zero attached hydrogens (tertiary/aromatic N) is 2. The van der Waals surface area contributed by atoms with Gasteiger partial charge in [0.2, 0.25) is 5.91 Å². The predicted octanol–water partition coefficient (Wildman–Crippen LogP) is 1.19. The second kappa shape index (κ2) is 6.89. The van der Waals surface area contributed by atoms with E-state index < -0.39 is 6.04 Å². The minimum atomic E-state index is -0.533. The summed E-state index contributed by atoms with van der Waals surface area (Å²) in [5.41, 5.74) is 8.12. The molecule has 106 valence electrons. The SMILES string of the molecule is Cc1ccc(C(N)C(=O)N2CCN(C)CC2)cc1.Cl. The number of likely N-dealkylation sites (N-methyl/N-ethyl adjacent to an activating group) is 1. The van der Waals surface area contributed by atoms with E-state index in [0.29, 0.717) is 0 Å². The average Bonchev–Trinajstić information content (AvgIpc) is 2.39. The van der Waals surface area contributed by atoms with Crippen molar-refractivity contribution in [2.75, 3.05) is 33.2 Å². The lowest BCUT2D eigenvalue weighted by Gasteiger charge is -2.34. The van der Waals surface area contributed by atoms with Gasteiger partial charge >= 0.3 is 0 Å². The highest BCUT2D eigenvalue weighted by molar-refractivity contribution is 5.85. The minimum absolute atomic E-state index is 0. The van der Waals surface area contributed by atoms with Crippen molar-refractivity contribution < 1.29 is 4.79 Å². The zero-order valence-corrected chi connectivity index (χ0v) is 12.3. The number of rotatable bonds is 2. The summed E-state index contributed by atoms with van der Waals surface area (Å²) in [7, 11) is 2.07. The zero-order chi connectivity index (χ0) is 13.1. The summed E-state index contributed by atoms with van der Waals surface area (Å²) in [6, 6.07) is 7.33. The molecule has 1 aromatic rings. The second-order valence-corrected chi connectivity index (χ2v) is 5.02. The Morgan fingerprint density at radius 2 is 1.68 bits per heavy atom. The molecule has 19 heavy (non-hydrogen) atoms. The van der Waals surface area contributed by atoms with Gasteiger partial charge < -0.3 is 15.5 Å². The van der Waals surface area contributed by atoms with Gasteiger partial charge in [0.15, 0.2) is 0 Å². The number of halogens is 1. The number of benzene rings is 1. The quantitative estimate of drug-likeness (QED) is 0.887. The molecule has 1 amide bonds. The number of carbonyl (C=O) groups excluding carboxylic acids is 1. The molecule has 0 bridgehead atoms. The smallest absolute Gasteiger partial charge is 0.244 e. The molecule has 0 radical (unpaired) electrons. The van der Waals surface area contributed by atoms with Crippen LogP contribution in [0, 0.1) is 6.92 Å². The number of nitrogens with two attached hydrogens (primary N) is 1. The normalized spacial score (nSPS) is 17.7. The Hall–Kier alpha value is -1.10. The van der Waals surface area contributed by atoms with Gasteiger partial charge in [0, 0.05) is 26.2 Å². The zero-order valence-electron chi connectivity index (χ0n) is 11.5. The largest absolute Gasteiger partial charge is 0.338 e. The molecular formula is C14H22ClN3O. The van der Waals surface area contributed by atoms with Crippen molar-refractivity contribution >= 4 is 18.3 Å². The molecule has 1 heterocycles. The van der Waals surface area contributed by atoms with Crippen LogP contribution in [0.2, 0.25) is 0 Å². The molecule has 1 atom stereocenters. The molecule has 1 aliphatic heterocycles. The average molecular weight is 284 g/mol. The van der Waals surface area contributed by atoms with E-state index in [0.717, 1.165) is 31.7 Å².